The summed E-state index contributed by atoms with van der Waals surface area (Å²) in [5, 5.41) is 18.2. The van der Waals surface area contributed by atoms with Gasteiger partial charge in [0, 0.05) is 9.75 Å². The molecule has 0 aromatic carbocycles. The molecule has 0 bridgehead atoms. The third-order valence-electron chi connectivity index (χ3n) is 4.02. The van der Waals surface area contributed by atoms with Crippen molar-refractivity contribution < 1.29 is 4.79 Å². The van der Waals surface area contributed by atoms with Crippen molar-refractivity contribution in [3.05, 3.63) is 38.4 Å². The molecule has 2 aromatic rings. The smallest absolute Gasteiger partial charge is 0.231 e. The van der Waals surface area contributed by atoms with Gasteiger partial charge in [-0.15, -0.1) is 22.7 Å². The molecule has 2 N–H and O–H groups in total. The van der Waals surface area contributed by atoms with Crippen LogP contribution in [0.25, 0.3) is 0 Å². The number of nitrogens with zero attached hydrogens (tertiary/aromatic N) is 1. The van der Waals surface area contributed by atoms with Crippen molar-refractivity contribution in [1.29, 1.82) is 5.26 Å². The van der Waals surface area contributed by atoms with Crippen molar-refractivity contribution in [3.8, 4) is 6.07 Å². The predicted octanol–water partition coefficient (Wildman–Crippen LogP) is 3.86. The highest BCUT2D eigenvalue weighted by Crippen LogP contribution is 2.39. The van der Waals surface area contributed by atoms with Gasteiger partial charge in [-0.1, -0.05) is 13.0 Å². The Kier molecular flexibility index (Phi) is 5.29. The number of anilines is 1. The van der Waals surface area contributed by atoms with Crippen molar-refractivity contribution in [2.24, 2.45) is 5.92 Å². The number of thiophene rings is 2. The second-order valence-electron chi connectivity index (χ2n) is 5.93. The zero-order valence-electron chi connectivity index (χ0n) is 13.2. The highest BCUT2D eigenvalue weighted by molar-refractivity contribution is 7.80. The van der Waals surface area contributed by atoms with Gasteiger partial charge in [0.25, 0.3) is 0 Å². The van der Waals surface area contributed by atoms with Crippen molar-refractivity contribution >= 4 is 50.9 Å². The molecule has 7 heteroatoms. The molecule has 0 spiro atoms. The highest BCUT2D eigenvalue weighted by atomic mass is 32.1. The van der Waals surface area contributed by atoms with E-state index in [4.69, 9.17) is 12.2 Å². The summed E-state index contributed by atoms with van der Waals surface area (Å²) < 4.78 is 0. The second-order valence-corrected chi connectivity index (χ2v) is 8.47. The third-order valence-corrected chi connectivity index (χ3v) is 6.27. The maximum absolute atomic E-state index is 12.0. The Bertz CT molecular complexity index is 802. The lowest BCUT2D eigenvalue weighted by Gasteiger charge is -2.17. The monoisotopic (exact) mass is 375 g/mol. The molecule has 0 saturated carbocycles. The first-order chi connectivity index (χ1) is 11.6. The Balaban J connectivity index is 1.66. The number of rotatable bonds is 3. The number of nitriles is 1. The average molecular weight is 376 g/mol. The maximum Gasteiger partial charge on any atom is 0.231 e. The van der Waals surface area contributed by atoms with Gasteiger partial charge < -0.3 is 10.6 Å². The molecule has 0 saturated heterocycles. The first-order valence-corrected chi connectivity index (χ1v) is 9.85. The van der Waals surface area contributed by atoms with Gasteiger partial charge >= 0.3 is 0 Å². The minimum absolute atomic E-state index is 0.150. The maximum atomic E-state index is 12.0. The molecule has 0 fully saturated rings. The van der Waals surface area contributed by atoms with Crippen LogP contribution in [0.5, 0.6) is 0 Å². The highest BCUT2D eigenvalue weighted by Gasteiger charge is 2.24. The van der Waals surface area contributed by atoms with Crippen LogP contribution in [0.3, 0.4) is 0 Å². The fourth-order valence-corrected chi connectivity index (χ4v) is 5.18. The van der Waals surface area contributed by atoms with E-state index in [1.165, 1.54) is 4.88 Å². The number of hydrogen-bond acceptors (Lipinski definition) is 5. The van der Waals surface area contributed by atoms with Crippen LogP contribution in [0, 0.1) is 17.2 Å². The molecule has 124 valence electrons. The van der Waals surface area contributed by atoms with E-state index >= 15 is 0 Å². The summed E-state index contributed by atoms with van der Waals surface area (Å²) >= 11 is 8.36. The summed E-state index contributed by atoms with van der Waals surface area (Å²) in [6.45, 7) is 2.23. The van der Waals surface area contributed by atoms with Gasteiger partial charge in [-0.3, -0.25) is 4.79 Å². The molecule has 0 radical (unpaired) electrons. The van der Waals surface area contributed by atoms with Gasteiger partial charge in [-0.05, 0) is 54.4 Å². The molecule has 1 amide bonds. The van der Waals surface area contributed by atoms with Crippen LogP contribution < -0.4 is 10.6 Å². The van der Waals surface area contributed by atoms with Gasteiger partial charge in [0.2, 0.25) is 5.91 Å². The summed E-state index contributed by atoms with van der Waals surface area (Å²) in [7, 11) is 0. The van der Waals surface area contributed by atoms with E-state index in [1.807, 2.05) is 17.5 Å². The van der Waals surface area contributed by atoms with Crippen LogP contribution in [0.15, 0.2) is 17.5 Å². The first-order valence-electron chi connectivity index (χ1n) is 7.74. The summed E-state index contributed by atoms with van der Waals surface area (Å²) in [4.78, 5) is 14.3. The fraction of sp³-hybridized carbons (Fsp3) is 0.353. The lowest BCUT2D eigenvalue weighted by atomic mass is 9.89. The summed E-state index contributed by atoms with van der Waals surface area (Å²) in [5.74, 6) is 0.497. The molecule has 4 nitrogen and oxygen atoms in total. The molecule has 1 aliphatic rings. The predicted molar refractivity (Wildman–Crippen MR) is 103 cm³/mol. The zero-order valence-corrected chi connectivity index (χ0v) is 15.7. The Hall–Kier alpha value is -1.75. The normalized spacial score (nSPS) is 16.1. The molecule has 3 rings (SSSR count). The van der Waals surface area contributed by atoms with Crippen molar-refractivity contribution in [2.45, 2.75) is 32.6 Å². The molecule has 2 aromatic heterocycles. The Morgan fingerprint density at radius 3 is 3.08 bits per heavy atom. The average Bonchev–Trinajstić information content (AvgIpc) is 3.13. The zero-order chi connectivity index (χ0) is 17.1. The molecule has 2 heterocycles. The van der Waals surface area contributed by atoms with E-state index in [-0.39, 0.29) is 11.0 Å². The van der Waals surface area contributed by atoms with Crippen LogP contribution >= 0.6 is 34.9 Å². The Morgan fingerprint density at radius 1 is 1.54 bits per heavy atom. The SMILES string of the molecule is C[C@H]1CCc2c(sc(NC(=S)NC(=O)Cc3cccs3)c2C#N)C1. The molecule has 1 aliphatic carbocycles. The minimum Gasteiger partial charge on any atom is -0.323 e. The quantitative estimate of drug-likeness (QED) is 0.800. The van der Waals surface area contributed by atoms with Gasteiger partial charge in [0.1, 0.15) is 11.1 Å². The van der Waals surface area contributed by atoms with Crippen LogP contribution in [0.1, 0.15) is 34.2 Å². The van der Waals surface area contributed by atoms with Gasteiger partial charge in [0.05, 0.1) is 12.0 Å². The number of nitrogens with one attached hydrogen (secondary N) is 2. The third kappa shape index (κ3) is 3.83. The molecule has 1 atom stereocenters. The van der Waals surface area contributed by atoms with Gasteiger partial charge in [0.15, 0.2) is 5.11 Å². The van der Waals surface area contributed by atoms with E-state index in [0.29, 0.717) is 17.9 Å². The van der Waals surface area contributed by atoms with Crippen LogP contribution in [-0.2, 0) is 24.1 Å². The summed E-state index contributed by atoms with van der Waals surface area (Å²) in [6, 6.07) is 6.13. The van der Waals surface area contributed by atoms with Crippen LogP contribution in [0.4, 0.5) is 5.00 Å². The lowest BCUT2D eigenvalue weighted by molar-refractivity contribution is -0.118. The van der Waals surface area contributed by atoms with Crippen LogP contribution in [-0.4, -0.2) is 11.0 Å². The summed E-state index contributed by atoms with van der Waals surface area (Å²) in [6.07, 6.45) is 3.37. The van der Waals surface area contributed by atoms with E-state index in [9.17, 15) is 10.1 Å². The molecule has 0 unspecified atom stereocenters. The fourth-order valence-electron chi connectivity index (χ4n) is 2.83. The number of fused-ring (bicyclic) bond motifs is 1. The van der Waals surface area contributed by atoms with Crippen molar-refractivity contribution in [1.82, 2.24) is 5.32 Å². The number of thiocarbonyl (C=S) groups is 1. The second kappa shape index (κ2) is 7.43. The Morgan fingerprint density at radius 2 is 2.38 bits per heavy atom. The van der Waals surface area contributed by atoms with E-state index in [1.54, 1.807) is 22.7 Å². The summed E-state index contributed by atoms with van der Waals surface area (Å²) in [5.41, 5.74) is 1.83. The van der Waals surface area contributed by atoms with Crippen molar-refractivity contribution in [3.63, 3.8) is 0 Å². The van der Waals surface area contributed by atoms with E-state index < -0.39 is 0 Å². The molecule has 24 heavy (non-hydrogen) atoms. The van der Waals surface area contributed by atoms with Gasteiger partial charge in [-0.25, -0.2) is 0 Å². The number of amides is 1. The molecular weight excluding hydrogens is 358 g/mol. The van der Waals surface area contributed by atoms with Gasteiger partial charge in [-0.2, -0.15) is 5.26 Å². The largest absolute Gasteiger partial charge is 0.323 e. The van der Waals surface area contributed by atoms with E-state index in [0.717, 1.165) is 34.7 Å². The number of carbonyl (C=O) groups excluding carboxylic acids is 1. The first kappa shape index (κ1) is 17.1. The number of carbonyl (C=O) groups is 1. The van der Waals surface area contributed by atoms with Crippen LogP contribution in [0.2, 0.25) is 0 Å². The number of hydrogen-bond donors (Lipinski definition) is 2. The molecular formula is C17H17N3OS3. The van der Waals surface area contributed by atoms with Crippen molar-refractivity contribution in [2.75, 3.05) is 5.32 Å². The topological polar surface area (TPSA) is 64.9 Å². The van der Waals surface area contributed by atoms with E-state index in [2.05, 4.69) is 23.6 Å². The Labute approximate surface area is 154 Å². The standard InChI is InChI=1S/C17H17N3OS3/c1-10-4-5-12-13(9-18)16(24-14(12)7-10)20-17(22)19-15(21)8-11-3-2-6-23-11/h2-3,6,10H,4-5,7-8H2,1H3,(H2,19,20,21,22)/t10-/m0/s1. The minimum atomic E-state index is -0.150. The molecule has 0 aliphatic heterocycles. The lowest BCUT2D eigenvalue weighted by Crippen LogP contribution is -2.34.